The lowest BCUT2D eigenvalue weighted by atomic mass is 10.2. The number of carbonyl (C=O) groups excluding carboxylic acids is 1. The average Bonchev–Trinajstić information content (AvgIpc) is 2.74. The number of halogens is 1. The summed E-state index contributed by atoms with van der Waals surface area (Å²) in [6.45, 7) is 2.88. The Morgan fingerprint density at radius 1 is 1.13 bits per heavy atom. The molecule has 0 aliphatic rings. The predicted octanol–water partition coefficient (Wildman–Crippen LogP) is 5.22. The molecule has 0 bridgehead atoms. The molecule has 1 heterocycles. The Morgan fingerprint density at radius 3 is 2.77 bits per heavy atom. The van der Waals surface area contributed by atoms with Gasteiger partial charge in [0.2, 0.25) is 5.91 Å². The lowest BCUT2D eigenvalue weighted by Crippen LogP contribution is -2.24. The van der Waals surface area contributed by atoms with Crippen molar-refractivity contribution in [2.24, 2.45) is 0 Å². The first-order valence-corrected chi connectivity index (χ1v) is 11.6. The second-order valence-electron chi connectivity index (χ2n) is 7.04. The number of nitrogens with zero attached hydrogens (tertiary/aromatic N) is 2. The van der Waals surface area contributed by atoms with Gasteiger partial charge in [-0.3, -0.25) is 14.2 Å². The van der Waals surface area contributed by atoms with Gasteiger partial charge in [0.25, 0.3) is 5.56 Å². The maximum absolute atomic E-state index is 13.2. The fourth-order valence-corrected chi connectivity index (χ4v) is 4.28. The van der Waals surface area contributed by atoms with E-state index in [2.05, 4.69) is 12.2 Å². The Bertz CT molecular complexity index is 1070. The van der Waals surface area contributed by atoms with Gasteiger partial charge >= 0.3 is 0 Å². The van der Waals surface area contributed by atoms with Crippen LogP contribution in [0.1, 0.15) is 39.0 Å². The van der Waals surface area contributed by atoms with Crippen LogP contribution in [-0.2, 0) is 4.79 Å². The summed E-state index contributed by atoms with van der Waals surface area (Å²) in [6.07, 6.45) is 4.46. The number of amides is 1. The number of benzene rings is 2. The third kappa shape index (κ3) is 5.86. The smallest absolute Gasteiger partial charge is 0.266 e. The second-order valence-corrected chi connectivity index (χ2v) is 8.54. The lowest BCUT2D eigenvalue weighted by Gasteiger charge is -2.13. The Labute approximate surface area is 185 Å². The largest absolute Gasteiger partial charge is 0.356 e. The highest BCUT2D eigenvalue weighted by molar-refractivity contribution is 7.99. The van der Waals surface area contributed by atoms with E-state index in [9.17, 15) is 9.59 Å². The standard InChI is InChI=1S/C23H26ClN3O2S/c1-2-3-6-14-25-21(28)13-8-15-30-23-26-20-12-5-4-11-19(20)22(29)27(23)18-10-7-9-17(24)16-18/h4-5,7,9-12,16H,2-3,6,8,13-15H2,1H3,(H,25,28). The molecule has 158 valence electrons. The number of hydrogen-bond donors (Lipinski definition) is 1. The van der Waals surface area contributed by atoms with Crippen molar-refractivity contribution in [2.75, 3.05) is 12.3 Å². The molecule has 0 saturated carbocycles. The van der Waals surface area contributed by atoms with Gasteiger partial charge in [-0.05, 0) is 43.2 Å². The van der Waals surface area contributed by atoms with E-state index < -0.39 is 0 Å². The zero-order valence-electron chi connectivity index (χ0n) is 17.1. The molecule has 1 aromatic heterocycles. The number of thioether (sulfide) groups is 1. The molecule has 30 heavy (non-hydrogen) atoms. The molecule has 3 rings (SSSR count). The predicted molar refractivity (Wildman–Crippen MR) is 125 cm³/mol. The van der Waals surface area contributed by atoms with Gasteiger partial charge in [0.15, 0.2) is 5.16 Å². The second kappa shape index (κ2) is 11.2. The van der Waals surface area contributed by atoms with Gasteiger partial charge in [-0.2, -0.15) is 0 Å². The number of hydrogen-bond acceptors (Lipinski definition) is 4. The highest BCUT2D eigenvalue weighted by atomic mass is 35.5. The van der Waals surface area contributed by atoms with Gasteiger partial charge in [-0.25, -0.2) is 4.98 Å². The summed E-state index contributed by atoms with van der Waals surface area (Å²) in [7, 11) is 0. The van der Waals surface area contributed by atoms with Crippen LogP contribution in [0.3, 0.4) is 0 Å². The minimum atomic E-state index is -0.126. The Balaban J connectivity index is 1.74. The number of fused-ring (bicyclic) bond motifs is 1. The molecular formula is C23H26ClN3O2S. The molecule has 0 aliphatic heterocycles. The quantitative estimate of drug-likeness (QED) is 0.265. The van der Waals surface area contributed by atoms with Crippen LogP contribution >= 0.6 is 23.4 Å². The van der Waals surface area contributed by atoms with Gasteiger partial charge in [0, 0.05) is 23.7 Å². The van der Waals surface area contributed by atoms with Gasteiger partial charge in [-0.15, -0.1) is 0 Å². The highest BCUT2D eigenvalue weighted by Gasteiger charge is 2.13. The fourth-order valence-electron chi connectivity index (χ4n) is 3.14. The lowest BCUT2D eigenvalue weighted by molar-refractivity contribution is -0.121. The normalized spacial score (nSPS) is 11.0. The summed E-state index contributed by atoms with van der Waals surface area (Å²) in [4.78, 5) is 29.9. The summed E-state index contributed by atoms with van der Waals surface area (Å²) in [5.41, 5.74) is 1.22. The van der Waals surface area contributed by atoms with Crippen LogP contribution in [0.15, 0.2) is 58.5 Å². The van der Waals surface area contributed by atoms with E-state index >= 15 is 0 Å². The molecule has 0 fully saturated rings. The zero-order valence-corrected chi connectivity index (χ0v) is 18.6. The summed E-state index contributed by atoms with van der Waals surface area (Å²) >= 11 is 7.63. The summed E-state index contributed by atoms with van der Waals surface area (Å²) in [6, 6.07) is 14.5. The average molecular weight is 444 g/mol. The molecule has 3 aromatic rings. The zero-order chi connectivity index (χ0) is 21.3. The number of nitrogens with one attached hydrogen (secondary N) is 1. The number of rotatable bonds is 10. The van der Waals surface area contributed by atoms with E-state index in [1.165, 1.54) is 11.8 Å². The van der Waals surface area contributed by atoms with Crippen LogP contribution in [0.2, 0.25) is 5.02 Å². The van der Waals surface area contributed by atoms with Crippen LogP contribution in [0.4, 0.5) is 0 Å². The molecular weight excluding hydrogens is 418 g/mol. The summed E-state index contributed by atoms with van der Waals surface area (Å²) in [5.74, 6) is 0.763. The SMILES string of the molecule is CCCCCNC(=O)CCCSc1nc2ccccc2c(=O)n1-c1cccc(Cl)c1. The van der Waals surface area contributed by atoms with Crippen molar-refractivity contribution < 1.29 is 4.79 Å². The van der Waals surface area contributed by atoms with E-state index in [1.807, 2.05) is 30.3 Å². The summed E-state index contributed by atoms with van der Waals surface area (Å²) < 4.78 is 1.60. The van der Waals surface area contributed by atoms with Crippen molar-refractivity contribution in [3.8, 4) is 5.69 Å². The first-order chi connectivity index (χ1) is 14.6. The minimum absolute atomic E-state index is 0.0744. The van der Waals surface area contributed by atoms with E-state index in [-0.39, 0.29) is 11.5 Å². The first kappa shape index (κ1) is 22.4. The van der Waals surface area contributed by atoms with Crippen LogP contribution in [0, 0.1) is 0 Å². The Hall–Kier alpha value is -2.31. The van der Waals surface area contributed by atoms with Gasteiger partial charge < -0.3 is 5.32 Å². The molecule has 1 amide bonds. The monoisotopic (exact) mass is 443 g/mol. The number of unbranched alkanes of at least 4 members (excludes halogenated alkanes) is 2. The van der Waals surface area contributed by atoms with Crippen molar-refractivity contribution in [3.05, 3.63) is 63.9 Å². The molecule has 2 aromatic carbocycles. The van der Waals surface area contributed by atoms with E-state index in [0.29, 0.717) is 45.4 Å². The molecule has 0 radical (unpaired) electrons. The minimum Gasteiger partial charge on any atom is -0.356 e. The van der Waals surface area contributed by atoms with E-state index in [4.69, 9.17) is 16.6 Å². The van der Waals surface area contributed by atoms with Gasteiger partial charge in [0.1, 0.15) is 0 Å². The van der Waals surface area contributed by atoms with Crippen molar-refractivity contribution in [1.29, 1.82) is 0 Å². The Morgan fingerprint density at radius 2 is 1.97 bits per heavy atom. The van der Waals surface area contributed by atoms with Crippen LogP contribution in [0.25, 0.3) is 16.6 Å². The fraction of sp³-hybridized carbons (Fsp3) is 0.348. The number of carbonyl (C=O) groups is 1. The molecule has 0 aliphatic carbocycles. The van der Waals surface area contributed by atoms with Crippen molar-refractivity contribution in [2.45, 2.75) is 44.2 Å². The number of para-hydroxylation sites is 1. The van der Waals surface area contributed by atoms with Gasteiger partial charge in [-0.1, -0.05) is 61.3 Å². The molecule has 7 heteroatoms. The molecule has 0 unspecified atom stereocenters. The molecule has 0 spiro atoms. The first-order valence-electron chi connectivity index (χ1n) is 10.3. The molecule has 1 N–H and O–H groups in total. The van der Waals surface area contributed by atoms with Crippen molar-refractivity contribution in [3.63, 3.8) is 0 Å². The topological polar surface area (TPSA) is 64.0 Å². The molecule has 0 atom stereocenters. The van der Waals surface area contributed by atoms with Crippen molar-refractivity contribution in [1.82, 2.24) is 14.9 Å². The van der Waals surface area contributed by atoms with E-state index in [1.54, 1.807) is 22.8 Å². The number of aromatic nitrogens is 2. The highest BCUT2D eigenvalue weighted by Crippen LogP contribution is 2.23. The van der Waals surface area contributed by atoms with E-state index in [0.717, 1.165) is 25.8 Å². The molecule has 5 nitrogen and oxygen atoms in total. The summed E-state index contributed by atoms with van der Waals surface area (Å²) in [5, 5.41) is 4.68. The van der Waals surface area contributed by atoms with Crippen molar-refractivity contribution >= 4 is 40.2 Å². The van der Waals surface area contributed by atoms with Crippen LogP contribution in [0.5, 0.6) is 0 Å². The van der Waals surface area contributed by atoms with Gasteiger partial charge in [0.05, 0.1) is 16.6 Å². The maximum Gasteiger partial charge on any atom is 0.266 e. The Kier molecular flexibility index (Phi) is 8.34. The third-order valence-electron chi connectivity index (χ3n) is 4.69. The third-order valence-corrected chi connectivity index (χ3v) is 5.95. The maximum atomic E-state index is 13.2. The van der Waals surface area contributed by atoms with Crippen LogP contribution in [-0.4, -0.2) is 27.8 Å². The molecule has 0 saturated heterocycles. The van der Waals surface area contributed by atoms with Crippen LogP contribution < -0.4 is 10.9 Å².